The lowest BCUT2D eigenvalue weighted by Crippen LogP contribution is -2.28. The van der Waals surface area contributed by atoms with Crippen molar-refractivity contribution >= 4 is 12.4 Å². The zero-order valence-electron chi connectivity index (χ0n) is 10.8. The quantitative estimate of drug-likeness (QED) is 0.836. The highest BCUT2D eigenvalue weighted by Gasteiger charge is 2.15. The highest BCUT2D eigenvalue weighted by molar-refractivity contribution is 7.70. The Bertz CT molecular complexity index is 418. The summed E-state index contributed by atoms with van der Waals surface area (Å²) in [5.41, 5.74) is 1.35. The van der Waals surface area contributed by atoms with Crippen LogP contribution >= 0.6 is 7.14 Å². The lowest BCUT2D eigenvalue weighted by atomic mass is 9.91. The standard InChI is InChI=1S/C14H22NOP/c1-17(2,16)14-5-3-4-13(11-14)10-12-6-8-15-9-7-12/h3-5,11-12,15H,6-10H2,1-2H3. The first-order valence-corrected chi connectivity index (χ1v) is 9.01. The van der Waals surface area contributed by atoms with E-state index in [2.05, 4.69) is 17.4 Å². The maximum absolute atomic E-state index is 12.1. The molecule has 1 saturated heterocycles. The molecule has 0 unspecified atom stereocenters. The van der Waals surface area contributed by atoms with Crippen LogP contribution in [0.5, 0.6) is 0 Å². The molecule has 0 bridgehead atoms. The van der Waals surface area contributed by atoms with E-state index in [1.807, 2.05) is 25.5 Å². The Balaban J connectivity index is 2.08. The topological polar surface area (TPSA) is 29.1 Å². The number of rotatable bonds is 3. The van der Waals surface area contributed by atoms with E-state index in [0.29, 0.717) is 0 Å². The van der Waals surface area contributed by atoms with Crippen LogP contribution in [-0.4, -0.2) is 26.4 Å². The van der Waals surface area contributed by atoms with Gasteiger partial charge < -0.3 is 9.88 Å². The Hall–Kier alpha value is -0.590. The van der Waals surface area contributed by atoms with Gasteiger partial charge in [-0.05, 0) is 63.2 Å². The molecule has 0 amide bonds. The summed E-state index contributed by atoms with van der Waals surface area (Å²) in [6.45, 7) is 5.97. The summed E-state index contributed by atoms with van der Waals surface area (Å²) in [7, 11) is -2.11. The molecule has 2 nitrogen and oxygen atoms in total. The predicted octanol–water partition coefficient (Wildman–Crippen LogP) is 2.48. The summed E-state index contributed by atoms with van der Waals surface area (Å²) < 4.78 is 12.1. The fourth-order valence-corrected chi connectivity index (χ4v) is 3.36. The Morgan fingerprint density at radius 3 is 2.65 bits per heavy atom. The van der Waals surface area contributed by atoms with Crippen molar-refractivity contribution in [2.75, 3.05) is 26.4 Å². The molecular formula is C14H22NOP. The van der Waals surface area contributed by atoms with Crippen molar-refractivity contribution in [3.63, 3.8) is 0 Å². The molecule has 1 fully saturated rings. The number of hydrogen-bond acceptors (Lipinski definition) is 2. The fraction of sp³-hybridized carbons (Fsp3) is 0.571. The smallest absolute Gasteiger partial charge is 0.109 e. The fourth-order valence-electron chi connectivity index (χ4n) is 2.44. The first kappa shape index (κ1) is 12.9. The molecule has 2 rings (SSSR count). The third-order valence-electron chi connectivity index (χ3n) is 3.52. The molecule has 0 aromatic heterocycles. The summed E-state index contributed by atoms with van der Waals surface area (Å²) >= 11 is 0. The van der Waals surface area contributed by atoms with Crippen LogP contribution in [0.1, 0.15) is 18.4 Å². The monoisotopic (exact) mass is 251 g/mol. The lowest BCUT2D eigenvalue weighted by Gasteiger charge is -2.22. The maximum atomic E-state index is 12.1. The van der Waals surface area contributed by atoms with Crippen molar-refractivity contribution in [1.82, 2.24) is 5.32 Å². The van der Waals surface area contributed by atoms with Crippen LogP contribution in [-0.2, 0) is 11.0 Å². The molecule has 1 aromatic carbocycles. The van der Waals surface area contributed by atoms with Gasteiger partial charge in [-0.25, -0.2) is 0 Å². The van der Waals surface area contributed by atoms with Crippen molar-refractivity contribution in [3.8, 4) is 0 Å². The lowest BCUT2D eigenvalue weighted by molar-refractivity contribution is 0.373. The summed E-state index contributed by atoms with van der Waals surface area (Å²) in [5.74, 6) is 0.791. The zero-order chi connectivity index (χ0) is 12.3. The Kier molecular flexibility index (Phi) is 4.06. The average molecular weight is 251 g/mol. The summed E-state index contributed by atoms with van der Waals surface area (Å²) in [6, 6.07) is 8.35. The minimum atomic E-state index is -2.11. The minimum absolute atomic E-state index is 0.791. The van der Waals surface area contributed by atoms with Gasteiger partial charge in [0, 0.05) is 5.30 Å². The molecule has 3 heteroatoms. The van der Waals surface area contributed by atoms with Crippen molar-refractivity contribution < 1.29 is 4.57 Å². The number of benzene rings is 1. The SMILES string of the molecule is CP(C)(=O)c1cccc(CC2CCNCC2)c1. The van der Waals surface area contributed by atoms with E-state index in [0.717, 1.165) is 30.7 Å². The van der Waals surface area contributed by atoms with E-state index in [1.54, 1.807) is 0 Å². The minimum Gasteiger partial charge on any atom is -0.319 e. The Labute approximate surface area is 104 Å². The second-order valence-electron chi connectivity index (χ2n) is 5.42. The highest BCUT2D eigenvalue weighted by atomic mass is 31.2. The third-order valence-corrected chi connectivity index (χ3v) is 5.04. The van der Waals surface area contributed by atoms with E-state index >= 15 is 0 Å². The van der Waals surface area contributed by atoms with Gasteiger partial charge in [-0.2, -0.15) is 0 Å². The van der Waals surface area contributed by atoms with Crippen molar-refractivity contribution in [2.24, 2.45) is 5.92 Å². The van der Waals surface area contributed by atoms with Crippen LogP contribution in [0.3, 0.4) is 0 Å². The van der Waals surface area contributed by atoms with Crippen LogP contribution in [0.4, 0.5) is 0 Å². The van der Waals surface area contributed by atoms with Crippen molar-refractivity contribution in [1.29, 1.82) is 0 Å². The van der Waals surface area contributed by atoms with Gasteiger partial charge >= 0.3 is 0 Å². The molecule has 1 aliphatic heterocycles. The molecule has 1 aliphatic rings. The van der Waals surface area contributed by atoms with Gasteiger partial charge in [0.05, 0.1) is 0 Å². The molecule has 17 heavy (non-hydrogen) atoms. The van der Waals surface area contributed by atoms with E-state index in [1.165, 1.54) is 18.4 Å². The number of hydrogen-bond donors (Lipinski definition) is 1. The molecule has 1 aromatic rings. The summed E-state index contributed by atoms with van der Waals surface area (Å²) in [4.78, 5) is 0. The van der Waals surface area contributed by atoms with E-state index < -0.39 is 7.14 Å². The maximum Gasteiger partial charge on any atom is 0.109 e. The predicted molar refractivity (Wildman–Crippen MR) is 74.8 cm³/mol. The van der Waals surface area contributed by atoms with Crippen molar-refractivity contribution in [2.45, 2.75) is 19.3 Å². The molecule has 1 heterocycles. The second kappa shape index (κ2) is 5.37. The van der Waals surface area contributed by atoms with Crippen LogP contribution in [0.2, 0.25) is 0 Å². The molecule has 0 radical (unpaired) electrons. The van der Waals surface area contributed by atoms with Gasteiger partial charge in [0.2, 0.25) is 0 Å². The van der Waals surface area contributed by atoms with Crippen LogP contribution in [0, 0.1) is 5.92 Å². The van der Waals surface area contributed by atoms with Gasteiger partial charge in [0.25, 0.3) is 0 Å². The van der Waals surface area contributed by atoms with Crippen molar-refractivity contribution in [3.05, 3.63) is 29.8 Å². The largest absolute Gasteiger partial charge is 0.319 e. The molecule has 1 N–H and O–H groups in total. The van der Waals surface area contributed by atoms with E-state index in [4.69, 9.17) is 0 Å². The second-order valence-corrected chi connectivity index (χ2v) is 8.64. The van der Waals surface area contributed by atoms with E-state index in [-0.39, 0.29) is 0 Å². The Morgan fingerprint density at radius 1 is 1.29 bits per heavy atom. The van der Waals surface area contributed by atoms with Gasteiger partial charge in [-0.15, -0.1) is 0 Å². The average Bonchev–Trinajstić information content (AvgIpc) is 2.29. The van der Waals surface area contributed by atoms with Gasteiger partial charge in [-0.1, -0.05) is 18.2 Å². The van der Waals surface area contributed by atoms with Gasteiger partial charge in [-0.3, -0.25) is 0 Å². The van der Waals surface area contributed by atoms with Crippen LogP contribution in [0.15, 0.2) is 24.3 Å². The number of piperidine rings is 1. The molecule has 0 atom stereocenters. The third kappa shape index (κ3) is 3.69. The molecular weight excluding hydrogens is 229 g/mol. The molecule has 0 saturated carbocycles. The van der Waals surface area contributed by atoms with Crippen LogP contribution in [0.25, 0.3) is 0 Å². The molecule has 0 spiro atoms. The Morgan fingerprint density at radius 2 is 2.00 bits per heavy atom. The number of nitrogens with one attached hydrogen (secondary N) is 1. The zero-order valence-corrected chi connectivity index (χ0v) is 11.7. The molecule has 0 aliphatic carbocycles. The summed E-state index contributed by atoms with van der Waals surface area (Å²) in [5, 5.41) is 4.41. The summed E-state index contributed by atoms with van der Waals surface area (Å²) in [6.07, 6.45) is 3.66. The first-order valence-electron chi connectivity index (χ1n) is 6.41. The molecule has 94 valence electrons. The van der Waals surface area contributed by atoms with Gasteiger partial charge in [0.1, 0.15) is 7.14 Å². The van der Waals surface area contributed by atoms with E-state index in [9.17, 15) is 4.57 Å². The van der Waals surface area contributed by atoms with Gasteiger partial charge in [0.15, 0.2) is 0 Å². The van der Waals surface area contributed by atoms with Crippen LogP contribution < -0.4 is 10.6 Å². The normalized spacial score (nSPS) is 18.2. The highest BCUT2D eigenvalue weighted by Crippen LogP contribution is 2.34. The first-order chi connectivity index (χ1) is 8.05.